The van der Waals surface area contributed by atoms with E-state index < -0.39 is 5.60 Å². The van der Waals surface area contributed by atoms with E-state index in [0.29, 0.717) is 25.8 Å². The highest BCUT2D eigenvalue weighted by Crippen LogP contribution is 2.25. The van der Waals surface area contributed by atoms with E-state index >= 15 is 0 Å². The summed E-state index contributed by atoms with van der Waals surface area (Å²) in [6.07, 6.45) is 2.33. The second kappa shape index (κ2) is 5.15. The van der Waals surface area contributed by atoms with Crippen molar-refractivity contribution in [1.82, 2.24) is 24.7 Å². The van der Waals surface area contributed by atoms with Gasteiger partial charge in [0.1, 0.15) is 17.7 Å². The number of nitrogens with zero attached hydrogens (tertiary/aromatic N) is 6. The van der Waals surface area contributed by atoms with Crippen LogP contribution in [-0.4, -0.2) is 81.4 Å². The molecule has 8 nitrogen and oxygen atoms in total. The lowest BCUT2D eigenvalue weighted by Crippen LogP contribution is -2.61. The van der Waals surface area contributed by atoms with E-state index in [1.165, 1.54) is 0 Å². The predicted octanol–water partition coefficient (Wildman–Crippen LogP) is -0.604. The summed E-state index contributed by atoms with van der Waals surface area (Å²) < 4.78 is 6.99. The van der Waals surface area contributed by atoms with Crippen molar-refractivity contribution in [3.05, 3.63) is 18.5 Å². The van der Waals surface area contributed by atoms with E-state index in [1.807, 2.05) is 12.1 Å². The molecule has 0 aliphatic carbocycles. The number of anilines is 1. The maximum atomic E-state index is 10.4. The topological polar surface area (TPSA) is 79.0 Å². The standard InChI is InChI=1S/C14H20N6O2/c1-18(8-14(21)4-5-22-9-14)11-6-19(7-11)13-3-2-12-16-15-10-20(12)17-13/h2-3,10-11,21H,4-9H2,1H3. The molecule has 4 rings (SSSR count). The van der Waals surface area contributed by atoms with E-state index in [-0.39, 0.29) is 0 Å². The minimum absolute atomic E-state index is 0.433. The molecule has 0 aromatic carbocycles. The first kappa shape index (κ1) is 13.9. The van der Waals surface area contributed by atoms with Crippen LogP contribution < -0.4 is 4.90 Å². The highest BCUT2D eigenvalue weighted by atomic mass is 16.5. The van der Waals surface area contributed by atoms with Crippen LogP contribution in [0.3, 0.4) is 0 Å². The van der Waals surface area contributed by atoms with Gasteiger partial charge in [-0.05, 0) is 19.2 Å². The maximum absolute atomic E-state index is 10.4. The molecule has 4 heterocycles. The van der Waals surface area contributed by atoms with Gasteiger partial charge in [-0.3, -0.25) is 4.90 Å². The molecule has 1 N–H and O–H groups in total. The molecule has 118 valence electrons. The predicted molar refractivity (Wildman–Crippen MR) is 79.8 cm³/mol. The number of hydrogen-bond acceptors (Lipinski definition) is 7. The van der Waals surface area contributed by atoms with Crippen LogP contribution in [0, 0.1) is 0 Å². The normalized spacial score (nSPS) is 26.0. The van der Waals surface area contributed by atoms with Crippen molar-refractivity contribution in [2.45, 2.75) is 18.1 Å². The SMILES string of the molecule is CN(CC1(O)CCOC1)C1CN(c2ccc3nncn3n2)C1. The zero-order valence-electron chi connectivity index (χ0n) is 12.6. The van der Waals surface area contributed by atoms with Crippen LogP contribution in [0.2, 0.25) is 0 Å². The number of aliphatic hydroxyl groups is 1. The average Bonchev–Trinajstić information content (AvgIpc) is 3.05. The van der Waals surface area contributed by atoms with Gasteiger partial charge in [0.25, 0.3) is 0 Å². The Bertz CT molecular complexity index is 662. The Hall–Kier alpha value is -1.77. The van der Waals surface area contributed by atoms with E-state index in [0.717, 1.165) is 31.0 Å². The van der Waals surface area contributed by atoms with Crippen molar-refractivity contribution >= 4 is 11.5 Å². The zero-order chi connectivity index (χ0) is 15.2. The van der Waals surface area contributed by atoms with Crippen LogP contribution in [0.1, 0.15) is 6.42 Å². The number of fused-ring (bicyclic) bond motifs is 1. The molecule has 2 saturated heterocycles. The number of aromatic nitrogens is 4. The molecule has 2 aliphatic heterocycles. The second-order valence-electron chi connectivity index (χ2n) is 6.33. The molecule has 0 radical (unpaired) electrons. The van der Waals surface area contributed by atoms with Gasteiger partial charge in [-0.25, -0.2) is 0 Å². The first-order valence-electron chi connectivity index (χ1n) is 7.55. The Morgan fingerprint density at radius 1 is 1.45 bits per heavy atom. The summed E-state index contributed by atoms with van der Waals surface area (Å²) in [6.45, 7) is 3.58. The Morgan fingerprint density at radius 3 is 3.09 bits per heavy atom. The Balaban J connectivity index is 1.36. The largest absolute Gasteiger partial charge is 0.386 e. The van der Waals surface area contributed by atoms with Crippen molar-refractivity contribution in [2.24, 2.45) is 0 Å². The van der Waals surface area contributed by atoms with Crippen LogP contribution in [0.5, 0.6) is 0 Å². The van der Waals surface area contributed by atoms with E-state index in [4.69, 9.17) is 4.74 Å². The van der Waals surface area contributed by atoms with Crippen LogP contribution in [0.4, 0.5) is 5.82 Å². The quantitative estimate of drug-likeness (QED) is 0.807. The summed E-state index contributed by atoms with van der Waals surface area (Å²) in [6, 6.07) is 4.33. The Kier molecular flexibility index (Phi) is 3.24. The van der Waals surface area contributed by atoms with Crippen LogP contribution in [0.15, 0.2) is 18.5 Å². The molecule has 2 aliphatic rings. The third-order valence-corrected chi connectivity index (χ3v) is 4.58. The van der Waals surface area contributed by atoms with E-state index in [2.05, 4.69) is 32.1 Å². The van der Waals surface area contributed by atoms with Gasteiger partial charge >= 0.3 is 0 Å². The second-order valence-corrected chi connectivity index (χ2v) is 6.33. The van der Waals surface area contributed by atoms with Gasteiger partial charge in [-0.2, -0.15) is 4.52 Å². The van der Waals surface area contributed by atoms with Gasteiger partial charge in [0.05, 0.1) is 6.61 Å². The smallest absolute Gasteiger partial charge is 0.177 e. The monoisotopic (exact) mass is 304 g/mol. The number of hydrogen-bond donors (Lipinski definition) is 1. The molecular formula is C14H20N6O2. The van der Waals surface area contributed by atoms with Gasteiger partial charge in [0.15, 0.2) is 5.65 Å². The first-order chi connectivity index (χ1) is 10.6. The molecule has 8 heteroatoms. The van der Waals surface area contributed by atoms with Gasteiger partial charge in [-0.1, -0.05) is 0 Å². The van der Waals surface area contributed by atoms with E-state index in [1.54, 1.807) is 10.8 Å². The molecular weight excluding hydrogens is 284 g/mol. The lowest BCUT2D eigenvalue weighted by atomic mass is 10.00. The molecule has 0 saturated carbocycles. The van der Waals surface area contributed by atoms with Crippen LogP contribution in [0.25, 0.3) is 5.65 Å². The van der Waals surface area contributed by atoms with Crippen LogP contribution >= 0.6 is 0 Å². The van der Waals surface area contributed by atoms with Crippen molar-refractivity contribution in [3.8, 4) is 0 Å². The molecule has 2 aromatic heterocycles. The highest BCUT2D eigenvalue weighted by molar-refractivity contribution is 5.47. The molecule has 1 unspecified atom stereocenters. The van der Waals surface area contributed by atoms with Crippen molar-refractivity contribution in [3.63, 3.8) is 0 Å². The summed E-state index contributed by atoms with van der Waals surface area (Å²) in [5.74, 6) is 0.930. The molecule has 0 amide bonds. The summed E-state index contributed by atoms with van der Waals surface area (Å²) >= 11 is 0. The fourth-order valence-electron chi connectivity index (χ4n) is 3.12. The number of rotatable bonds is 4. The Morgan fingerprint density at radius 2 is 2.32 bits per heavy atom. The van der Waals surface area contributed by atoms with Crippen molar-refractivity contribution in [2.75, 3.05) is 44.8 Å². The summed E-state index contributed by atoms with van der Waals surface area (Å²) in [4.78, 5) is 4.44. The summed E-state index contributed by atoms with van der Waals surface area (Å²) in [5, 5.41) is 22.7. The van der Waals surface area contributed by atoms with Crippen molar-refractivity contribution in [1.29, 1.82) is 0 Å². The number of ether oxygens (including phenoxy) is 1. The third-order valence-electron chi connectivity index (χ3n) is 4.58. The van der Waals surface area contributed by atoms with Crippen LogP contribution in [-0.2, 0) is 4.74 Å². The van der Waals surface area contributed by atoms with E-state index in [9.17, 15) is 5.11 Å². The number of likely N-dealkylation sites (N-methyl/N-ethyl adjacent to an activating group) is 1. The Labute approximate surface area is 128 Å². The summed E-state index contributed by atoms with van der Waals surface area (Å²) in [7, 11) is 2.06. The third kappa shape index (κ3) is 2.43. The van der Waals surface area contributed by atoms with Gasteiger partial charge in [-0.15, -0.1) is 15.3 Å². The fourth-order valence-corrected chi connectivity index (χ4v) is 3.12. The minimum atomic E-state index is -0.686. The molecule has 1 atom stereocenters. The molecule has 0 bridgehead atoms. The minimum Gasteiger partial charge on any atom is -0.386 e. The van der Waals surface area contributed by atoms with Gasteiger partial charge < -0.3 is 14.7 Å². The lowest BCUT2D eigenvalue weighted by molar-refractivity contribution is -0.0106. The molecule has 2 fully saturated rings. The van der Waals surface area contributed by atoms with Gasteiger partial charge in [0.2, 0.25) is 0 Å². The highest BCUT2D eigenvalue weighted by Gasteiger charge is 2.38. The zero-order valence-corrected chi connectivity index (χ0v) is 12.6. The molecule has 2 aromatic rings. The van der Waals surface area contributed by atoms with Crippen molar-refractivity contribution < 1.29 is 9.84 Å². The summed E-state index contributed by atoms with van der Waals surface area (Å²) in [5.41, 5.74) is 0.0656. The average molecular weight is 304 g/mol. The fraction of sp³-hybridized carbons (Fsp3) is 0.643. The van der Waals surface area contributed by atoms with Gasteiger partial charge in [0, 0.05) is 38.7 Å². The first-order valence-corrected chi connectivity index (χ1v) is 7.55. The molecule has 22 heavy (non-hydrogen) atoms. The maximum Gasteiger partial charge on any atom is 0.177 e. The molecule has 0 spiro atoms. The lowest BCUT2D eigenvalue weighted by Gasteiger charge is -2.46.